The van der Waals surface area contributed by atoms with Crippen LogP contribution in [0, 0.1) is 6.92 Å². The zero-order valence-corrected chi connectivity index (χ0v) is 10.8. The first-order chi connectivity index (χ1) is 7.75. The molecule has 0 unspecified atom stereocenters. The molecule has 90 valence electrons. The van der Waals surface area contributed by atoms with Crippen LogP contribution in [0.15, 0.2) is 18.2 Å². The first kappa shape index (κ1) is 14.5. The molecule has 3 nitrogen and oxygen atoms in total. The lowest BCUT2D eigenvalue weighted by Crippen LogP contribution is -2.33. The van der Waals surface area contributed by atoms with Crippen LogP contribution < -0.4 is 10.6 Å². The molecule has 0 atom stereocenters. The zero-order valence-electron chi connectivity index (χ0n) is 10.8. The molecule has 1 aromatic carbocycles. The predicted molar refractivity (Wildman–Crippen MR) is 69.7 cm³/mol. The minimum absolute atomic E-state index is 0.119. The van der Waals surface area contributed by atoms with E-state index in [0.29, 0.717) is 6.54 Å². The molecule has 0 bridgehead atoms. The molecule has 1 heterocycles. The molecule has 2 amide bonds. The molecule has 16 heavy (non-hydrogen) atoms. The van der Waals surface area contributed by atoms with Gasteiger partial charge in [0.15, 0.2) is 0 Å². The van der Waals surface area contributed by atoms with Crippen LogP contribution in [0.4, 0.5) is 10.5 Å². The fraction of sp³-hybridized carbons (Fsp3) is 0.462. The molecule has 1 aliphatic rings. The quantitative estimate of drug-likeness (QED) is 0.690. The van der Waals surface area contributed by atoms with Crippen molar-refractivity contribution in [2.75, 3.05) is 5.32 Å². The number of hydrogen-bond donors (Lipinski definition) is 2. The Morgan fingerprint density at radius 2 is 1.75 bits per heavy atom. The fourth-order valence-electron chi connectivity index (χ4n) is 1.33. The molecular weight excluding hydrogens is 200 g/mol. The highest BCUT2D eigenvalue weighted by molar-refractivity contribution is 5.92. The molecule has 2 rings (SSSR count). The van der Waals surface area contributed by atoms with Crippen LogP contribution in [-0.4, -0.2) is 6.03 Å². The van der Waals surface area contributed by atoms with Crippen molar-refractivity contribution in [2.24, 2.45) is 0 Å². The summed E-state index contributed by atoms with van der Waals surface area (Å²) in [6.07, 6.45) is 0. The lowest BCUT2D eigenvalue weighted by molar-refractivity contribution is 0.251. The molecule has 0 radical (unpaired) electrons. The molecule has 0 aliphatic carbocycles. The van der Waals surface area contributed by atoms with Gasteiger partial charge in [-0.25, -0.2) is 4.79 Å². The molecule has 1 aromatic rings. The summed E-state index contributed by atoms with van der Waals surface area (Å²) in [6, 6.07) is 5.88. The van der Waals surface area contributed by atoms with Crippen LogP contribution in [0.3, 0.4) is 0 Å². The number of rotatable bonds is 0. The van der Waals surface area contributed by atoms with E-state index in [1.54, 1.807) is 0 Å². The summed E-state index contributed by atoms with van der Waals surface area (Å²) in [5.74, 6) is 0. The second kappa shape index (κ2) is 7.74. The Morgan fingerprint density at radius 3 is 2.38 bits per heavy atom. The Bertz CT molecular complexity index is 335. The van der Waals surface area contributed by atoms with Gasteiger partial charge in [-0.05, 0) is 18.6 Å². The smallest absolute Gasteiger partial charge is 0.319 e. The van der Waals surface area contributed by atoms with E-state index in [2.05, 4.69) is 16.7 Å². The third-order valence-electron chi connectivity index (χ3n) is 1.95. The summed E-state index contributed by atoms with van der Waals surface area (Å²) in [6.45, 7) is 10.7. The third kappa shape index (κ3) is 3.93. The molecule has 1 aliphatic heterocycles. The van der Waals surface area contributed by atoms with Crippen LogP contribution in [0.5, 0.6) is 0 Å². The lowest BCUT2D eigenvalue weighted by atomic mass is 10.1. The summed E-state index contributed by atoms with van der Waals surface area (Å²) in [5.41, 5.74) is 3.28. The van der Waals surface area contributed by atoms with Gasteiger partial charge < -0.3 is 10.6 Å². The maximum atomic E-state index is 10.9. The van der Waals surface area contributed by atoms with E-state index >= 15 is 0 Å². The Morgan fingerprint density at radius 1 is 1.12 bits per heavy atom. The summed E-state index contributed by atoms with van der Waals surface area (Å²) in [5, 5.41) is 5.45. The molecule has 0 spiro atoms. The molecule has 3 heteroatoms. The van der Waals surface area contributed by atoms with Crippen LogP contribution >= 0.6 is 0 Å². The standard InChI is InChI=1S/C9H10N2O.2C2H6/c1-6-2-3-8-7(4-6)5-10-9(12)11-8;2*1-2/h2-4H,5H2,1H3,(H2,10,11,12);2*1-2H3. The van der Waals surface area contributed by atoms with Gasteiger partial charge in [0.2, 0.25) is 0 Å². The number of aryl methyl sites for hydroxylation is 1. The third-order valence-corrected chi connectivity index (χ3v) is 1.95. The molecule has 0 aromatic heterocycles. The van der Waals surface area contributed by atoms with Gasteiger partial charge >= 0.3 is 6.03 Å². The van der Waals surface area contributed by atoms with Gasteiger partial charge in [-0.2, -0.15) is 0 Å². The SMILES string of the molecule is CC.CC.Cc1ccc2c(c1)CNC(=O)N2. The van der Waals surface area contributed by atoms with Gasteiger partial charge in [0.1, 0.15) is 0 Å². The highest BCUT2D eigenvalue weighted by atomic mass is 16.2. The molecular formula is C13H22N2O. The van der Waals surface area contributed by atoms with Crippen LogP contribution in [0.1, 0.15) is 38.8 Å². The molecule has 2 N–H and O–H groups in total. The Labute approximate surface area is 98.3 Å². The van der Waals surface area contributed by atoms with Gasteiger partial charge in [-0.1, -0.05) is 45.4 Å². The Kier molecular flexibility index (Phi) is 7.01. The number of nitrogens with one attached hydrogen (secondary N) is 2. The van der Waals surface area contributed by atoms with E-state index in [-0.39, 0.29) is 6.03 Å². The summed E-state index contributed by atoms with van der Waals surface area (Å²) < 4.78 is 0. The van der Waals surface area contributed by atoms with Crippen molar-refractivity contribution in [3.8, 4) is 0 Å². The van der Waals surface area contributed by atoms with E-state index in [0.717, 1.165) is 11.3 Å². The van der Waals surface area contributed by atoms with Gasteiger partial charge in [0.25, 0.3) is 0 Å². The van der Waals surface area contributed by atoms with Crippen LogP contribution in [0.2, 0.25) is 0 Å². The van der Waals surface area contributed by atoms with Crippen molar-refractivity contribution < 1.29 is 4.79 Å². The molecule has 0 saturated carbocycles. The summed E-state index contributed by atoms with van der Waals surface area (Å²) >= 11 is 0. The molecule has 0 saturated heterocycles. The topological polar surface area (TPSA) is 41.1 Å². The van der Waals surface area contributed by atoms with Crippen molar-refractivity contribution in [1.29, 1.82) is 0 Å². The normalized spacial score (nSPS) is 11.7. The summed E-state index contributed by atoms with van der Waals surface area (Å²) in [7, 11) is 0. The van der Waals surface area contributed by atoms with E-state index < -0.39 is 0 Å². The van der Waals surface area contributed by atoms with Gasteiger partial charge in [0.05, 0.1) is 0 Å². The highest BCUT2D eigenvalue weighted by Crippen LogP contribution is 2.19. The largest absolute Gasteiger partial charge is 0.334 e. The van der Waals surface area contributed by atoms with E-state index in [1.165, 1.54) is 5.56 Å². The van der Waals surface area contributed by atoms with Gasteiger partial charge in [-0.3, -0.25) is 0 Å². The monoisotopic (exact) mass is 222 g/mol. The first-order valence-corrected chi connectivity index (χ1v) is 5.90. The second-order valence-electron chi connectivity index (χ2n) is 2.97. The Balaban J connectivity index is 0.000000509. The minimum Gasteiger partial charge on any atom is -0.334 e. The first-order valence-electron chi connectivity index (χ1n) is 5.90. The number of fused-ring (bicyclic) bond motifs is 1. The van der Waals surface area contributed by atoms with Crippen LogP contribution in [-0.2, 0) is 6.54 Å². The van der Waals surface area contributed by atoms with E-state index in [1.807, 2.05) is 46.8 Å². The van der Waals surface area contributed by atoms with Crippen molar-refractivity contribution in [3.05, 3.63) is 29.3 Å². The van der Waals surface area contributed by atoms with Crippen molar-refractivity contribution in [2.45, 2.75) is 41.2 Å². The number of amides is 2. The number of urea groups is 1. The maximum absolute atomic E-state index is 10.9. The van der Waals surface area contributed by atoms with Crippen molar-refractivity contribution in [1.82, 2.24) is 5.32 Å². The highest BCUT2D eigenvalue weighted by Gasteiger charge is 2.12. The van der Waals surface area contributed by atoms with Crippen molar-refractivity contribution in [3.63, 3.8) is 0 Å². The van der Waals surface area contributed by atoms with E-state index in [9.17, 15) is 4.79 Å². The fourth-order valence-corrected chi connectivity index (χ4v) is 1.33. The number of anilines is 1. The lowest BCUT2D eigenvalue weighted by Gasteiger charge is -2.18. The van der Waals surface area contributed by atoms with Gasteiger partial charge in [0, 0.05) is 12.2 Å². The van der Waals surface area contributed by atoms with Crippen LogP contribution in [0.25, 0.3) is 0 Å². The number of benzene rings is 1. The maximum Gasteiger partial charge on any atom is 0.319 e. The number of hydrogen-bond acceptors (Lipinski definition) is 1. The molecule has 0 fully saturated rings. The number of carbonyl (C=O) groups excluding carboxylic acids is 1. The zero-order chi connectivity index (χ0) is 12.6. The van der Waals surface area contributed by atoms with Gasteiger partial charge in [-0.15, -0.1) is 0 Å². The summed E-state index contributed by atoms with van der Waals surface area (Å²) in [4.78, 5) is 10.9. The number of carbonyl (C=O) groups is 1. The average molecular weight is 222 g/mol. The predicted octanol–water partition coefficient (Wildman–Crippen LogP) is 3.68. The minimum atomic E-state index is -0.119. The Hall–Kier alpha value is -1.51. The average Bonchev–Trinajstić information content (AvgIpc) is 2.35. The van der Waals surface area contributed by atoms with Crippen molar-refractivity contribution >= 4 is 11.7 Å². The van der Waals surface area contributed by atoms with E-state index in [4.69, 9.17) is 0 Å². The second-order valence-corrected chi connectivity index (χ2v) is 2.97.